The maximum absolute atomic E-state index is 12.1. The molecule has 0 radical (unpaired) electrons. The zero-order chi connectivity index (χ0) is 14.3. The number of rotatable bonds is 7. The molecule has 0 N–H and O–H groups in total. The van der Waals surface area contributed by atoms with Gasteiger partial charge in [-0.05, 0) is 25.1 Å². The minimum Gasteiger partial charge on any atom is -0.496 e. The van der Waals surface area contributed by atoms with Crippen LogP contribution in [0.1, 0.15) is 30.1 Å². The highest BCUT2D eigenvalue weighted by Gasteiger charge is 2.15. The first-order valence-corrected chi connectivity index (χ1v) is 6.03. The summed E-state index contributed by atoms with van der Waals surface area (Å²) in [5.74, 6) is 0.486. The van der Waals surface area contributed by atoms with Crippen molar-refractivity contribution in [3.05, 3.63) is 23.8 Å². The first-order chi connectivity index (χ1) is 9.12. The molecule has 1 aromatic carbocycles. The van der Waals surface area contributed by atoms with E-state index in [9.17, 15) is 9.59 Å². The second-order valence-corrected chi connectivity index (χ2v) is 3.79. The number of hydrogen-bond donors (Lipinski definition) is 0. The lowest BCUT2D eigenvalue weighted by Crippen LogP contribution is -2.07. The van der Waals surface area contributed by atoms with Crippen LogP contribution in [0.3, 0.4) is 0 Å². The Labute approximate surface area is 112 Å². The van der Waals surface area contributed by atoms with Crippen LogP contribution in [-0.4, -0.2) is 32.6 Å². The van der Waals surface area contributed by atoms with Gasteiger partial charge in [0.25, 0.3) is 0 Å². The number of methoxy groups -OCH3 is 2. The second kappa shape index (κ2) is 7.41. The summed E-state index contributed by atoms with van der Waals surface area (Å²) < 4.78 is 15.0. The molecule has 19 heavy (non-hydrogen) atoms. The summed E-state index contributed by atoms with van der Waals surface area (Å²) in [7, 11) is 2.79. The van der Waals surface area contributed by atoms with Gasteiger partial charge >= 0.3 is 5.97 Å². The van der Waals surface area contributed by atoms with E-state index in [1.165, 1.54) is 14.2 Å². The minimum atomic E-state index is -0.409. The maximum atomic E-state index is 12.1. The number of Topliss-reactive ketones (excluding diaryl/α,β-unsaturated/α-hetero) is 1. The Hall–Kier alpha value is -2.04. The average Bonchev–Trinajstić information content (AvgIpc) is 2.44. The van der Waals surface area contributed by atoms with Gasteiger partial charge in [-0.15, -0.1) is 0 Å². The van der Waals surface area contributed by atoms with Gasteiger partial charge in [-0.1, -0.05) is 0 Å². The molecular weight excluding hydrogens is 248 g/mol. The number of ether oxygens (including phenoxy) is 3. The van der Waals surface area contributed by atoms with Gasteiger partial charge in [0, 0.05) is 6.42 Å². The SMILES string of the molecule is CCOc1ccc(OC)c(C(=O)CCC(=O)OC)c1. The number of benzene rings is 1. The summed E-state index contributed by atoms with van der Waals surface area (Å²) >= 11 is 0. The molecule has 0 aliphatic heterocycles. The highest BCUT2D eigenvalue weighted by atomic mass is 16.5. The predicted octanol–water partition coefficient (Wildman–Crippen LogP) is 2.23. The van der Waals surface area contributed by atoms with Gasteiger partial charge in [0.05, 0.1) is 32.8 Å². The molecule has 104 valence electrons. The van der Waals surface area contributed by atoms with Crippen LogP contribution >= 0.6 is 0 Å². The number of hydrogen-bond acceptors (Lipinski definition) is 5. The van der Waals surface area contributed by atoms with Crippen LogP contribution in [0.2, 0.25) is 0 Å². The van der Waals surface area contributed by atoms with Gasteiger partial charge in [-0.25, -0.2) is 0 Å². The van der Waals surface area contributed by atoms with Crippen molar-refractivity contribution < 1.29 is 23.8 Å². The van der Waals surface area contributed by atoms with Gasteiger partial charge in [0.2, 0.25) is 0 Å². The molecule has 5 nitrogen and oxygen atoms in total. The third-order valence-electron chi connectivity index (χ3n) is 2.57. The van der Waals surface area contributed by atoms with Crippen LogP contribution in [0.25, 0.3) is 0 Å². The van der Waals surface area contributed by atoms with E-state index in [1.54, 1.807) is 18.2 Å². The molecule has 5 heteroatoms. The van der Waals surface area contributed by atoms with Crippen LogP contribution in [0.15, 0.2) is 18.2 Å². The number of carbonyl (C=O) groups is 2. The fourth-order valence-electron chi connectivity index (χ4n) is 1.61. The normalized spacial score (nSPS) is 9.84. The molecule has 1 aromatic rings. The Morgan fingerprint density at radius 1 is 1.16 bits per heavy atom. The van der Waals surface area contributed by atoms with Crippen molar-refractivity contribution in [2.75, 3.05) is 20.8 Å². The third kappa shape index (κ3) is 4.28. The van der Waals surface area contributed by atoms with E-state index < -0.39 is 5.97 Å². The fourth-order valence-corrected chi connectivity index (χ4v) is 1.61. The number of carbonyl (C=O) groups excluding carboxylic acids is 2. The van der Waals surface area contributed by atoms with E-state index >= 15 is 0 Å². The van der Waals surface area contributed by atoms with Crippen LogP contribution < -0.4 is 9.47 Å². The minimum absolute atomic E-state index is 0.0529. The van der Waals surface area contributed by atoms with Crippen molar-refractivity contribution in [3.63, 3.8) is 0 Å². The van der Waals surface area contributed by atoms with E-state index in [-0.39, 0.29) is 18.6 Å². The molecule has 0 saturated heterocycles. The van der Waals surface area contributed by atoms with E-state index in [4.69, 9.17) is 9.47 Å². The number of ketones is 1. The van der Waals surface area contributed by atoms with E-state index in [1.807, 2.05) is 6.92 Å². The Kier molecular flexibility index (Phi) is 5.85. The standard InChI is InChI=1S/C14H18O5/c1-4-19-10-5-7-13(17-2)11(9-10)12(15)6-8-14(16)18-3/h5,7,9H,4,6,8H2,1-3H3. The first-order valence-electron chi connectivity index (χ1n) is 6.03. The van der Waals surface area contributed by atoms with Gasteiger partial charge in [0.15, 0.2) is 5.78 Å². The molecule has 0 atom stereocenters. The van der Waals surface area contributed by atoms with Crippen molar-refractivity contribution in [1.29, 1.82) is 0 Å². The van der Waals surface area contributed by atoms with Crippen molar-refractivity contribution in [2.45, 2.75) is 19.8 Å². The zero-order valence-corrected chi connectivity index (χ0v) is 11.4. The molecule has 0 fully saturated rings. The fraction of sp³-hybridized carbons (Fsp3) is 0.429. The molecule has 0 aliphatic rings. The van der Waals surface area contributed by atoms with Crippen LogP contribution in [-0.2, 0) is 9.53 Å². The molecule has 0 bridgehead atoms. The highest BCUT2D eigenvalue weighted by Crippen LogP contribution is 2.25. The topological polar surface area (TPSA) is 61.8 Å². The summed E-state index contributed by atoms with van der Waals surface area (Å²) in [4.78, 5) is 23.1. The molecule has 0 spiro atoms. The molecule has 0 aromatic heterocycles. The quantitative estimate of drug-likeness (QED) is 0.559. The van der Waals surface area contributed by atoms with Gasteiger partial charge in [-0.2, -0.15) is 0 Å². The molecule has 0 heterocycles. The lowest BCUT2D eigenvalue weighted by Gasteiger charge is -2.10. The van der Waals surface area contributed by atoms with Crippen LogP contribution in [0, 0.1) is 0 Å². The van der Waals surface area contributed by atoms with Gasteiger partial charge < -0.3 is 14.2 Å². The largest absolute Gasteiger partial charge is 0.496 e. The van der Waals surface area contributed by atoms with Crippen molar-refractivity contribution in [3.8, 4) is 11.5 Å². The second-order valence-electron chi connectivity index (χ2n) is 3.79. The molecular formula is C14H18O5. The first kappa shape index (κ1) is 15.0. The van der Waals surface area contributed by atoms with Crippen LogP contribution in [0.5, 0.6) is 11.5 Å². The Bertz CT molecular complexity index is 453. The number of esters is 1. The predicted molar refractivity (Wildman–Crippen MR) is 69.7 cm³/mol. The van der Waals surface area contributed by atoms with Gasteiger partial charge in [0.1, 0.15) is 11.5 Å². The summed E-state index contributed by atoms with van der Waals surface area (Å²) in [5.41, 5.74) is 0.414. The molecule has 1 rings (SSSR count). The lowest BCUT2D eigenvalue weighted by molar-refractivity contribution is -0.140. The summed E-state index contributed by atoms with van der Waals surface area (Å²) in [5, 5.41) is 0. The smallest absolute Gasteiger partial charge is 0.305 e. The highest BCUT2D eigenvalue weighted by molar-refractivity contribution is 6.00. The van der Waals surface area contributed by atoms with E-state index in [0.717, 1.165) is 0 Å². The lowest BCUT2D eigenvalue weighted by atomic mass is 10.1. The van der Waals surface area contributed by atoms with Crippen molar-refractivity contribution >= 4 is 11.8 Å². The summed E-state index contributed by atoms with van der Waals surface area (Å²) in [6, 6.07) is 5.04. The third-order valence-corrected chi connectivity index (χ3v) is 2.57. The monoisotopic (exact) mass is 266 g/mol. The molecule has 0 saturated carbocycles. The van der Waals surface area contributed by atoms with E-state index in [2.05, 4.69) is 4.74 Å². The Balaban J connectivity index is 2.86. The van der Waals surface area contributed by atoms with Crippen LogP contribution in [0.4, 0.5) is 0 Å². The van der Waals surface area contributed by atoms with Crippen molar-refractivity contribution in [1.82, 2.24) is 0 Å². The summed E-state index contributed by atoms with van der Waals surface area (Å²) in [6.07, 6.45) is 0.135. The Morgan fingerprint density at radius 3 is 2.47 bits per heavy atom. The van der Waals surface area contributed by atoms with E-state index in [0.29, 0.717) is 23.7 Å². The molecule has 0 unspecified atom stereocenters. The average molecular weight is 266 g/mol. The molecule has 0 aliphatic carbocycles. The van der Waals surface area contributed by atoms with Crippen molar-refractivity contribution in [2.24, 2.45) is 0 Å². The maximum Gasteiger partial charge on any atom is 0.305 e. The van der Waals surface area contributed by atoms with Gasteiger partial charge in [-0.3, -0.25) is 9.59 Å². The summed E-state index contributed by atoms with van der Waals surface area (Å²) in [6.45, 7) is 2.38. The zero-order valence-electron chi connectivity index (χ0n) is 11.4. The molecule has 0 amide bonds. The Morgan fingerprint density at radius 2 is 1.89 bits per heavy atom.